The zero-order valence-corrected chi connectivity index (χ0v) is 19.2. The third kappa shape index (κ3) is 10.2. The van der Waals surface area contributed by atoms with Crippen molar-refractivity contribution in [3.05, 3.63) is 69.9 Å². The average Bonchev–Trinajstić information content (AvgIpc) is 2.65. The van der Waals surface area contributed by atoms with Gasteiger partial charge in [0.05, 0.1) is 0 Å². The van der Waals surface area contributed by atoms with Crippen LogP contribution in [0.25, 0.3) is 0 Å². The third-order valence-electron chi connectivity index (χ3n) is 5.22. The Bertz CT molecular complexity index is 775. The van der Waals surface area contributed by atoms with Gasteiger partial charge in [-0.3, -0.25) is 9.59 Å². The molecule has 29 heavy (non-hydrogen) atoms. The number of carbonyl (C=O) groups excluding carboxylic acids is 2. The molecule has 0 unspecified atom stereocenters. The highest BCUT2D eigenvalue weighted by atomic mass is 16.2. The highest BCUT2D eigenvalue weighted by molar-refractivity contribution is 6.49. The van der Waals surface area contributed by atoms with E-state index in [9.17, 15) is 9.59 Å². The van der Waals surface area contributed by atoms with Crippen LogP contribution in [0.5, 0.6) is 0 Å². The number of ketones is 2. The molecule has 0 aromatic carbocycles. The summed E-state index contributed by atoms with van der Waals surface area (Å²) in [5, 5.41) is 0. The maximum atomic E-state index is 12.0. The van der Waals surface area contributed by atoms with E-state index < -0.39 is 0 Å². The Kier molecular flexibility index (Phi) is 11.2. The van der Waals surface area contributed by atoms with E-state index in [0.717, 1.165) is 38.5 Å². The van der Waals surface area contributed by atoms with E-state index in [0.29, 0.717) is 17.6 Å². The van der Waals surface area contributed by atoms with Crippen LogP contribution in [-0.4, -0.2) is 11.6 Å². The number of Topliss-reactive ketones (excluding diaryl/α,β-unsaturated/α-hetero) is 2. The first-order valence-corrected chi connectivity index (χ1v) is 10.8. The monoisotopic (exact) mass is 394 g/mol. The summed E-state index contributed by atoms with van der Waals surface area (Å²) in [7, 11) is 0. The van der Waals surface area contributed by atoms with Crippen LogP contribution < -0.4 is 0 Å². The summed E-state index contributed by atoms with van der Waals surface area (Å²) in [6, 6.07) is 0. The van der Waals surface area contributed by atoms with Gasteiger partial charge in [0.15, 0.2) is 0 Å². The number of carbonyl (C=O) groups is 2. The molecule has 0 radical (unpaired) electrons. The van der Waals surface area contributed by atoms with E-state index in [1.165, 1.54) is 22.3 Å². The van der Waals surface area contributed by atoms with Crippen LogP contribution in [-0.2, 0) is 9.59 Å². The molecule has 0 atom stereocenters. The molecule has 158 valence electrons. The summed E-state index contributed by atoms with van der Waals surface area (Å²) in [4.78, 5) is 23.7. The van der Waals surface area contributed by atoms with Crippen LogP contribution in [0.4, 0.5) is 0 Å². The lowest BCUT2D eigenvalue weighted by molar-refractivity contribution is -0.132. The highest BCUT2D eigenvalue weighted by Gasteiger charge is 2.22. The smallest absolute Gasteiger partial charge is 0.229 e. The topological polar surface area (TPSA) is 34.1 Å². The van der Waals surface area contributed by atoms with Gasteiger partial charge in [0.25, 0.3) is 0 Å². The Balaban J connectivity index is 2.36. The Morgan fingerprint density at radius 3 is 1.69 bits per heavy atom. The van der Waals surface area contributed by atoms with Gasteiger partial charge in [-0.05, 0) is 86.5 Å². The predicted octanol–water partition coefficient (Wildman–Crippen LogP) is 7.55. The van der Waals surface area contributed by atoms with E-state index in [1.807, 2.05) is 0 Å². The summed E-state index contributed by atoms with van der Waals surface area (Å²) in [6.07, 6.45) is 19.6. The molecule has 1 rings (SSSR count). The molecular weight excluding hydrogens is 356 g/mol. The van der Waals surface area contributed by atoms with Gasteiger partial charge in [-0.2, -0.15) is 0 Å². The van der Waals surface area contributed by atoms with Crippen molar-refractivity contribution in [2.75, 3.05) is 0 Å². The van der Waals surface area contributed by atoms with Gasteiger partial charge < -0.3 is 0 Å². The second-order valence-corrected chi connectivity index (χ2v) is 8.45. The van der Waals surface area contributed by atoms with Gasteiger partial charge >= 0.3 is 0 Å². The molecule has 0 fully saturated rings. The van der Waals surface area contributed by atoms with Crippen LogP contribution in [0, 0.1) is 0 Å². The van der Waals surface area contributed by atoms with Gasteiger partial charge in [-0.15, -0.1) is 0 Å². The molecule has 0 aromatic heterocycles. The Labute approximate surface area is 177 Å². The Morgan fingerprint density at radius 2 is 1.17 bits per heavy atom. The average molecular weight is 395 g/mol. The van der Waals surface area contributed by atoms with Gasteiger partial charge in [-0.25, -0.2) is 0 Å². The lowest BCUT2D eigenvalue weighted by Gasteiger charge is -2.08. The van der Waals surface area contributed by atoms with Crippen LogP contribution in [0.3, 0.4) is 0 Å². The van der Waals surface area contributed by atoms with E-state index >= 15 is 0 Å². The van der Waals surface area contributed by atoms with Crippen molar-refractivity contribution in [2.45, 2.75) is 86.5 Å². The summed E-state index contributed by atoms with van der Waals surface area (Å²) in [5.74, 6) is -0.720. The molecule has 0 amide bonds. The first-order valence-electron chi connectivity index (χ1n) is 10.8. The quantitative estimate of drug-likeness (QED) is 0.206. The van der Waals surface area contributed by atoms with Crippen molar-refractivity contribution in [2.24, 2.45) is 0 Å². The standard InChI is InChI=1S/C27H38O2/c1-20(2)10-7-11-21(3)12-8-13-22(4)14-9-15-23(5)16-18-25-19-17-24(6)26(28)27(25)29/h10,12,14,16-17,19H,7-9,11,13,15,18H2,1-6H3/b21-12+,22-14+,23-16+. The summed E-state index contributed by atoms with van der Waals surface area (Å²) >= 11 is 0. The van der Waals surface area contributed by atoms with Crippen LogP contribution in [0.2, 0.25) is 0 Å². The van der Waals surface area contributed by atoms with Crippen molar-refractivity contribution >= 4 is 11.6 Å². The molecule has 0 saturated carbocycles. The van der Waals surface area contributed by atoms with Gasteiger partial charge in [0.1, 0.15) is 0 Å². The van der Waals surface area contributed by atoms with Crippen LogP contribution >= 0.6 is 0 Å². The van der Waals surface area contributed by atoms with Gasteiger partial charge in [-0.1, -0.05) is 58.7 Å². The molecule has 1 aliphatic rings. The Hall–Kier alpha value is -2.22. The zero-order valence-electron chi connectivity index (χ0n) is 19.2. The van der Waals surface area contributed by atoms with Gasteiger partial charge in [0, 0.05) is 11.1 Å². The summed E-state index contributed by atoms with van der Waals surface area (Å²) in [6.45, 7) is 12.5. The highest BCUT2D eigenvalue weighted by Crippen LogP contribution is 2.18. The first kappa shape index (κ1) is 24.8. The lowest BCUT2D eigenvalue weighted by atomic mass is 9.93. The van der Waals surface area contributed by atoms with E-state index in [2.05, 4.69) is 58.9 Å². The molecule has 0 spiro atoms. The van der Waals surface area contributed by atoms with Crippen LogP contribution in [0.15, 0.2) is 69.9 Å². The zero-order chi connectivity index (χ0) is 21.8. The fraction of sp³-hybridized carbons (Fsp3) is 0.481. The maximum absolute atomic E-state index is 12.0. The predicted molar refractivity (Wildman–Crippen MR) is 125 cm³/mol. The maximum Gasteiger partial charge on any atom is 0.229 e. The van der Waals surface area contributed by atoms with E-state index in [4.69, 9.17) is 0 Å². The van der Waals surface area contributed by atoms with Crippen LogP contribution in [0.1, 0.15) is 86.5 Å². The number of allylic oxidation sites excluding steroid dienone is 12. The molecule has 0 aliphatic heterocycles. The second-order valence-electron chi connectivity index (χ2n) is 8.45. The van der Waals surface area contributed by atoms with E-state index in [-0.39, 0.29) is 11.6 Å². The minimum absolute atomic E-state index is 0.353. The van der Waals surface area contributed by atoms with Gasteiger partial charge in [0.2, 0.25) is 11.6 Å². The molecule has 1 aliphatic carbocycles. The normalized spacial score (nSPS) is 16.0. The number of hydrogen-bond acceptors (Lipinski definition) is 2. The minimum Gasteiger partial charge on any atom is -0.285 e. The largest absolute Gasteiger partial charge is 0.285 e. The molecule has 0 heterocycles. The molecule has 2 nitrogen and oxygen atoms in total. The molecule has 0 aromatic rings. The summed E-state index contributed by atoms with van der Waals surface area (Å²) in [5.41, 5.74) is 6.68. The fourth-order valence-corrected chi connectivity index (χ4v) is 3.13. The number of rotatable bonds is 11. The molecule has 0 bridgehead atoms. The third-order valence-corrected chi connectivity index (χ3v) is 5.22. The second kappa shape index (κ2) is 13.1. The molecule has 0 N–H and O–H groups in total. The van der Waals surface area contributed by atoms with Crippen molar-refractivity contribution in [3.63, 3.8) is 0 Å². The fourth-order valence-electron chi connectivity index (χ4n) is 3.13. The Morgan fingerprint density at radius 1 is 0.690 bits per heavy atom. The lowest BCUT2D eigenvalue weighted by Crippen LogP contribution is -2.19. The van der Waals surface area contributed by atoms with Crippen molar-refractivity contribution in [1.29, 1.82) is 0 Å². The van der Waals surface area contributed by atoms with Crippen molar-refractivity contribution < 1.29 is 9.59 Å². The van der Waals surface area contributed by atoms with E-state index in [1.54, 1.807) is 19.1 Å². The van der Waals surface area contributed by atoms with Crippen molar-refractivity contribution in [1.82, 2.24) is 0 Å². The summed E-state index contributed by atoms with van der Waals surface area (Å²) < 4.78 is 0. The molecular formula is C27H38O2. The van der Waals surface area contributed by atoms with Crippen molar-refractivity contribution in [3.8, 4) is 0 Å². The first-order chi connectivity index (χ1) is 13.7. The minimum atomic E-state index is -0.367. The molecule has 2 heteroatoms. The molecule has 0 saturated heterocycles. The number of hydrogen-bond donors (Lipinski definition) is 0. The SMILES string of the molecule is CC(C)=CCC/C(C)=C/CC/C(C)=C/CC/C(C)=C/CC1=CC=C(C)C(=O)C1=O.